The normalized spacial score (nSPS) is 20.3. The Morgan fingerprint density at radius 1 is 0.458 bits per heavy atom. The van der Waals surface area contributed by atoms with Gasteiger partial charge in [0, 0.05) is 22.4 Å². The van der Waals surface area contributed by atoms with Gasteiger partial charge in [-0.3, -0.25) is 0 Å². The molecular formula is C58H55N. The van der Waals surface area contributed by atoms with Crippen LogP contribution >= 0.6 is 0 Å². The van der Waals surface area contributed by atoms with Crippen LogP contribution in [0.2, 0.25) is 0 Å². The molecule has 0 spiro atoms. The van der Waals surface area contributed by atoms with E-state index in [0.717, 1.165) is 17.8 Å². The van der Waals surface area contributed by atoms with Gasteiger partial charge in [-0.25, -0.2) is 0 Å². The highest BCUT2D eigenvalue weighted by molar-refractivity contribution is 6.01. The standard InChI is InChI=1S/C58H55N/c1-58(2)53-20-12-19-50(44-15-8-4-9-16-44)56(53)51-35-36-54(55(57(51)58)46-17-10-5-11-18-46)59(48-31-27-42(28-32-48)40-13-6-3-7-14-40)49-33-29-43(30-34-49)41-23-25-45(26-24-41)52-38-39-21-22-47(52)37-39/h4-5,8-12,15-20,23-36,39-40,47,52H,3,6-7,13-14,21-22,37-38H2,1-2H3. The van der Waals surface area contributed by atoms with Crippen molar-refractivity contribution in [2.45, 2.75) is 88.9 Å². The smallest absolute Gasteiger partial charge is 0.0543 e. The summed E-state index contributed by atoms with van der Waals surface area (Å²) in [5, 5.41) is 0. The lowest BCUT2D eigenvalue weighted by Gasteiger charge is -2.32. The predicted molar refractivity (Wildman–Crippen MR) is 249 cm³/mol. The second-order valence-corrected chi connectivity index (χ2v) is 18.7. The lowest BCUT2D eigenvalue weighted by Crippen LogP contribution is -2.19. The summed E-state index contributed by atoms with van der Waals surface area (Å²) in [5.74, 6) is 3.29. The third kappa shape index (κ3) is 6.37. The number of anilines is 3. The molecule has 3 unspecified atom stereocenters. The fourth-order valence-corrected chi connectivity index (χ4v) is 12.0. The average molecular weight is 766 g/mol. The van der Waals surface area contributed by atoms with Gasteiger partial charge in [0.1, 0.15) is 0 Å². The van der Waals surface area contributed by atoms with Gasteiger partial charge in [-0.1, -0.05) is 173 Å². The van der Waals surface area contributed by atoms with Gasteiger partial charge >= 0.3 is 0 Å². The van der Waals surface area contributed by atoms with E-state index < -0.39 is 0 Å². The van der Waals surface area contributed by atoms with Crippen molar-refractivity contribution in [1.82, 2.24) is 0 Å². The molecule has 7 aromatic rings. The van der Waals surface area contributed by atoms with E-state index in [4.69, 9.17) is 0 Å². The third-order valence-electron chi connectivity index (χ3n) is 15.0. The molecular weight excluding hydrogens is 711 g/mol. The summed E-state index contributed by atoms with van der Waals surface area (Å²) in [7, 11) is 0. The van der Waals surface area contributed by atoms with Crippen molar-refractivity contribution in [1.29, 1.82) is 0 Å². The van der Waals surface area contributed by atoms with E-state index >= 15 is 0 Å². The number of hydrogen-bond acceptors (Lipinski definition) is 1. The van der Waals surface area contributed by atoms with Crippen LogP contribution in [0.1, 0.15) is 106 Å². The maximum absolute atomic E-state index is 2.53. The van der Waals surface area contributed by atoms with Crippen molar-refractivity contribution in [2.24, 2.45) is 11.8 Å². The van der Waals surface area contributed by atoms with Crippen LogP contribution in [0.5, 0.6) is 0 Å². The second kappa shape index (κ2) is 14.9. The Kier molecular flexibility index (Phi) is 9.18. The molecule has 4 aliphatic carbocycles. The minimum absolute atomic E-state index is 0.221. The molecule has 0 amide bonds. The zero-order valence-corrected chi connectivity index (χ0v) is 34.7. The summed E-state index contributed by atoms with van der Waals surface area (Å²) in [5.41, 5.74) is 19.6. The molecule has 4 aliphatic rings. The van der Waals surface area contributed by atoms with Crippen LogP contribution in [-0.4, -0.2) is 0 Å². The summed E-state index contributed by atoms with van der Waals surface area (Å²) >= 11 is 0. The first-order valence-electron chi connectivity index (χ1n) is 22.5. The maximum atomic E-state index is 2.53. The Balaban J connectivity index is 1.05. The predicted octanol–water partition coefficient (Wildman–Crippen LogP) is 16.4. The van der Waals surface area contributed by atoms with Crippen LogP contribution in [0.3, 0.4) is 0 Å². The van der Waals surface area contributed by atoms with Gasteiger partial charge in [-0.15, -0.1) is 0 Å². The summed E-state index contributed by atoms with van der Waals surface area (Å²) in [6.07, 6.45) is 12.4. The van der Waals surface area contributed by atoms with E-state index in [1.165, 1.54) is 136 Å². The Hall–Kier alpha value is -5.66. The van der Waals surface area contributed by atoms with Crippen molar-refractivity contribution >= 4 is 17.1 Å². The van der Waals surface area contributed by atoms with Crippen LogP contribution in [0.15, 0.2) is 164 Å². The lowest BCUT2D eigenvalue weighted by molar-refractivity contribution is 0.420. The van der Waals surface area contributed by atoms with E-state index in [9.17, 15) is 0 Å². The maximum Gasteiger partial charge on any atom is 0.0543 e. The molecule has 0 radical (unpaired) electrons. The van der Waals surface area contributed by atoms with Crippen LogP contribution in [0, 0.1) is 11.8 Å². The Bertz CT molecular complexity index is 2590. The highest BCUT2D eigenvalue weighted by atomic mass is 15.1. The molecule has 7 aromatic carbocycles. The largest absolute Gasteiger partial charge is 0.310 e. The first-order valence-corrected chi connectivity index (χ1v) is 22.5. The Morgan fingerprint density at radius 2 is 1.08 bits per heavy atom. The van der Waals surface area contributed by atoms with Crippen LogP contribution in [-0.2, 0) is 5.41 Å². The number of fused-ring (bicyclic) bond motifs is 5. The average Bonchev–Trinajstić information content (AvgIpc) is 4.01. The van der Waals surface area contributed by atoms with Crippen molar-refractivity contribution in [2.75, 3.05) is 4.90 Å². The van der Waals surface area contributed by atoms with Crippen molar-refractivity contribution in [3.05, 3.63) is 186 Å². The summed E-state index contributed by atoms with van der Waals surface area (Å²) in [4.78, 5) is 2.53. The fourth-order valence-electron chi connectivity index (χ4n) is 12.0. The van der Waals surface area contributed by atoms with E-state index in [1.807, 2.05) is 0 Å². The van der Waals surface area contributed by atoms with Gasteiger partial charge in [-0.05, 0) is 147 Å². The second-order valence-electron chi connectivity index (χ2n) is 18.7. The van der Waals surface area contributed by atoms with Gasteiger partial charge < -0.3 is 4.90 Å². The van der Waals surface area contributed by atoms with E-state index in [-0.39, 0.29) is 5.41 Å². The van der Waals surface area contributed by atoms with Gasteiger partial charge in [0.15, 0.2) is 0 Å². The van der Waals surface area contributed by atoms with Gasteiger partial charge in [0.05, 0.1) is 5.69 Å². The molecule has 0 saturated heterocycles. The number of rotatable bonds is 8. The Morgan fingerprint density at radius 3 is 1.73 bits per heavy atom. The van der Waals surface area contributed by atoms with Crippen molar-refractivity contribution in [3.8, 4) is 44.5 Å². The molecule has 11 rings (SSSR count). The van der Waals surface area contributed by atoms with E-state index in [0.29, 0.717) is 5.92 Å². The molecule has 0 aliphatic heterocycles. The summed E-state index contributed by atoms with van der Waals surface area (Å²) in [6.45, 7) is 4.87. The topological polar surface area (TPSA) is 3.24 Å². The molecule has 3 saturated carbocycles. The molecule has 1 nitrogen and oxygen atoms in total. The molecule has 0 heterocycles. The monoisotopic (exact) mass is 765 g/mol. The number of hydrogen-bond donors (Lipinski definition) is 0. The molecule has 59 heavy (non-hydrogen) atoms. The third-order valence-corrected chi connectivity index (χ3v) is 15.0. The minimum Gasteiger partial charge on any atom is -0.310 e. The van der Waals surface area contributed by atoms with Crippen LogP contribution in [0.25, 0.3) is 44.5 Å². The van der Waals surface area contributed by atoms with Crippen molar-refractivity contribution in [3.63, 3.8) is 0 Å². The number of nitrogens with zero attached hydrogens (tertiary/aromatic N) is 1. The fraction of sp³-hybridized carbons (Fsp3) is 0.276. The summed E-state index contributed by atoms with van der Waals surface area (Å²) in [6, 6.07) is 62.5. The lowest BCUT2D eigenvalue weighted by atomic mass is 9.78. The molecule has 0 N–H and O–H groups in total. The number of benzene rings is 7. The molecule has 0 aromatic heterocycles. The zero-order chi connectivity index (χ0) is 39.5. The van der Waals surface area contributed by atoms with Crippen LogP contribution < -0.4 is 4.90 Å². The van der Waals surface area contributed by atoms with E-state index in [1.54, 1.807) is 5.56 Å². The molecule has 292 valence electrons. The first kappa shape index (κ1) is 36.4. The Labute approximate surface area is 351 Å². The molecule has 3 atom stereocenters. The van der Waals surface area contributed by atoms with Gasteiger partial charge in [0.25, 0.3) is 0 Å². The minimum atomic E-state index is -0.221. The highest BCUT2D eigenvalue weighted by Gasteiger charge is 2.41. The molecule has 2 bridgehead atoms. The van der Waals surface area contributed by atoms with E-state index in [2.05, 4.69) is 183 Å². The first-order chi connectivity index (χ1) is 29.0. The van der Waals surface area contributed by atoms with Crippen molar-refractivity contribution < 1.29 is 0 Å². The highest BCUT2D eigenvalue weighted by Crippen LogP contribution is 2.58. The quantitative estimate of drug-likeness (QED) is 0.149. The SMILES string of the molecule is CC1(C)c2cccc(-c3ccccc3)c2-c2ccc(N(c3ccc(-c4ccc(C5CC6CCC5C6)cc4)cc3)c3ccc(C4CCCCC4)cc3)c(-c3ccccc3)c21. The molecule has 1 heteroatoms. The zero-order valence-electron chi connectivity index (χ0n) is 34.7. The molecule has 3 fully saturated rings. The van der Waals surface area contributed by atoms with Gasteiger partial charge in [-0.2, -0.15) is 0 Å². The van der Waals surface area contributed by atoms with Gasteiger partial charge in [0.2, 0.25) is 0 Å². The van der Waals surface area contributed by atoms with Crippen LogP contribution in [0.4, 0.5) is 17.1 Å². The summed E-state index contributed by atoms with van der Waals surface area (Å²) < 4.78 is 0.